The molecule has 1 saturated heterocycles. The lowest BCUT2D eigenvalue weighted by Gasteiger charge is -2.32. The second-order valence-electron chi connectivity index (χ2n) is 6.54. The van der Waals surface area contributed by atoms with Crippen LogP contribution in [0.15, 0.2) is 41.8 Å². The third kappa shape index (κ3) is 4.27. The number of nitrogens with one attached hydrogen (secondary N) is 1. The minimum Gasteiger partial charge on any atom is -0.348 e. The van der Waals surface area contributed by atoms with Crippen molar-refractivity contribution in [3.05, 3.63) is 57.8 Å². The van der Waals surface area contributed by atoms with E-state index < -0.39 is 11.7 Å². The zero-order valence-electron chi connectivity index (χ0n) is 14.4. The van der Waals surface area contributed by atoms with Crippen molar-refractivity contribution in [3.63, 3.8) is 0 Å². The van der Waals surface area contributed by atoms with E-state index in [9.17, 15) is 18.0 Å². The van der Waals surface area contributed by atoms with Gasteiger partial charge in [-0.25, -0.2) is 0 Å². The molecule has 1 aliphatic heterocycles. The van der Waals surface area contributed by atoms with Crippen LogP contribution in [0.1, 0.15) is 46.6 Å². The molecule has 1 aromatic heterocycles. The molecule has 1 N–H and O–H groups in total. The number of hydrogen-bond donors (Lipinski definition) is 1. The van der Waals surface area contributed by atoms with E-state index in [0.717, 1.165) is 38.1 Å². The number of halogens is 3. The third-order valence-corrected chi connectivity index (χ3v) is 5.62. The maximum Gasteiger partial charge on any atom is 0.416 e. The summed E-state index contributed by atoms with van der Waals surface area (Å²) in [6.07, 6.45) is -2.12. The van der Waals surface area contributed by atoms with Crippen molar-refractivity contribution in [1.29, 1.82) is 0 Å². The van der Waals surface area contributed by atoms with E-state index in [0.29, 0.717) is 0 Å². The molecule has 1 aromatic carbocycles. The standard InChI is InChI=1S/C19H21F3N2OS/c1-13(17(16-5-4-12-26-16)24-10-2-3-11-24)23-18(25)14-6-8-15(9-7-14)19(20,21)22/h4-9,12-13,17H,2-3,10-11H2,1H3,(H,23,25)/t13-,17-/m0/s1. The first-order valence-electron chi connectivity index (χ1n) is 8.62. The molecular formula is C19H21F3N2OS. The summed E-state index contributed by atoms with van der Waals surface area (Å²) in [7, 11) is 0. The van der Waals surface area contributed by atoms with E-state index in [1.54, 1.807) is 11.3 Å². The average Bonchev–Trinajstić information content (AvgIpc) is 3.29. The molecule has 2 heterocycles. The number of benzene rings is 1. The van der Waals surface area contributed by atoms with Crippen molar-refractivity contribution < 1.29 is 18.0 Å². The monoisotopic (exact) mass is 382 g/mol. The summed E-state index contributed by atoms with van der Waals surface area (Å²) in [6, 6.07) is 8.31. The van der Waals surface area contributed by atoms with Crippen LogP contribution in [0.25, 0.3) is 0 Å². The van der Waals surface area contributed by atoms with Crippen LogP contribution in [0.5, 0.6) is 0 Å². The summed E-state index contributed by atoms with van der Waals surface area (Å²) in [5, 5.41) is 4.98. The molecule has 0 radical (unpaired) electrons. The van der Waals surface area contributed by atoms with E-state index in [2.05, 4.69) is 16.3 Å². The average molecular weight is 382 g/mol. The highest BCUT2D eigenvalue weighted by molar-refractivity contribution is 7.10. The van der Waals surface area contributed by atoms with Gasteiger partial charge in [-0.05, 0) is 68.6 Å². The summed E-state index contributed by atoms with van der Waals surface area (Å²) in [4.78, 5) is 16.0. The molecule has 1 aliphatic rings. The smallest absolute Gasteiger partial charge is 0.348 e. The van der Waals surface area contributed by atoms with Gasteiger partial charge in [0.1, 0.15) is 0 Å². The number of thiophene rings is 1. The first-order chi connectivity index (χ1) is 12.4. The number of likely N-dealkylation sites (tertiary alicyclic amines) is 1. The molecule has 1 fully saturated rings. The minimum atomic E-state index is -4.40. The predicted octanol–water partition coefficient (Wildman–Crippen LogP) is 4.72. The largest absolute Gasteiger partial charge is 0.416 e. The second-order valence-corrected chi connectivity index (χ2v) is 7.52. The maximum atomic E-state index is 12.7. The Bertz CT molecular complexity index is 722. The van der Waals surface area contributed by atoms with Gasteiger partial charge in [-0.3, -0.25) is 9.69 Å². The molecule has 0 bridgehead atoms. The van der Waals surface area contributed by atoms with Crippen molar-refractivity contribution in [3.8, 4) is 0 Å². The molecule has 2 atom stereocenters. The SMILES string of the molecule is C[C@H](NC(=O)c1ccc(C(F)(F)F)cc1)[C@@H](c1cccs1)N1CCCC1. The molecule has 140 valence electrons. The van der Waals surface area contributed by atoms with Crippen LogP contribution in [0.4, 0.5) is 13.2 Å². The van der Waals surface area contributed by atoms with Gasteiger partial charge in [-0.15, -0.1) is 11.3 Å². The van der Waals surface area contributed by atoms with Gasteiger partial charge in [-0.2, -0.15) is 13.2 Å². The maximum absolute atomic E-state index is 12.7. The Balaban J connectivity index is 1.72. The summed E-state index contributed by atoms with van der Waals surface area (Å²) >= 11 is 1.66. The normalized spacial score (nSPS) is 17.8. The number of rotatable bonds is 5. The Labute approximate surface area is 154 Å². The molecule has 0 unspecified atom stereocenters. The molecule has 3 rings (SSSR count). The molecule has 26 heavy (non-hydrogen) atoms. The van der Waals surface area contributed by atoms with Gasteiger partial charge in [0.15, 0.2) is 0 Å². The lowest BCUT2D eigenvalue weighted by molar-refractivity contribution is -0.137. The van der Waals surface area contributed by atoms with Gasteiger partial charge in [0, 0.05) is 16.5 Å². The van der Waals surface area contributed by atoms with Gasteiger partial charge >= 0.3 is 6.18 Å². The Hall–Kier alpha value is -1.86. The quantitative estimate of drug-likeness (QED) is 0.811. The molecule has 7 heteroatoms. The molecule has 0 saturated carbocycles. The Morgan fingerprint density at radius 3 is 2.35 bits per heavy atom. The zero-order chi connectivity index (χ0) is 18.7. The minimum absolute atomic E-state index is 0.0795. The van der Waals surface area contributed by atoms with Crippen LogP contribution < -0.4 is 5.32 Å². The molecule has 3 nitrogen and oxygen atoms in total. The highest BCUT2D eigenvalue weighted by Gasteiger charge is 2.32. The fourth-order valence-electron chi connectivity index (χ4n) is 3.40. The third-order valence-electron chi connectivity index (χ3n) is 4.68. The lowest BCUT2D eigenvalue weighted by atomic mass is 10.1. The van der Waals surface area contributed by atoms with Crippen LogP contribution in [0.3, 0.4) is 0 Å². The van der Waals surface area contributed by atoms with Crippen LogP contribution in [0, 0.1) is 0 Å². The fourth-order valence-corrected chi connectivity index (χ4v) is 4.37. The van der Waals surface area contributed by atoms with E-state index in [-0.39, 0.29) is 23.6 Å². The number of carbonyl (C=O) groups is 1. The molecular weight excluding hydrogens is 361 g/mol. The van der Waals surface area contributed by atoms with Crippen molar-refractivity contribution in [2.75, 3.05) is 13.1 Å². The summed E-state index contributed by atoms with van der Waals surface area (Å²) in [6.45, 7) is 3.93. The van der Waals surface area contributed by atoms with Crippen molar-refractivity contribution in [2.45, 2.75) is 38.0 Å². The van der Waals surface area contributed by atoms with Crippen LogP contribution in [-0.4, -0.2) is 29.9 Å². The fraction of sp³-hybridized carbons (Fsp3) is 0.421. The van der Waals surface area contributed by atoms with Crippen LogP contribution >= 0.6 is 11.3 Å². The summed E-state index contributed by atoms with van der Waals surface area (Å²) < 4.78 is 38.0. The number of nitrogens with zero attached hydrogens (tertiary/aromatic N) is 1. The van der Waals surface area contributed by atoms with Crippen molar-refractivity contribution >= 4 is 17.2 Å². The number of carbonyl (C=O) groups excluding carboxylic acids is 1. The number of amides is 1. The van der Waals surface area contributed by atoms with Gasteiger partial charge in [0.05, 0.1) is 11.6 Å². The summed E-state index contributed by atoms with van der Waals surface area (Å²) in [5.41, 5.74) is -0.521. The van der Waals surface area contributed by atoms with Gasteiger partial charge in [0.25, 0.3) is 5.91 Å². The zero-order valence-corrected chi connectivity index (χ0v) is 15.2. The molecule has 0 spiro atoms. The van der Waals surface area contributed by atoms with E-state index >= 15 is 0 Å². The Morgan fingerprint density at radius 1 is 1.15 bits per heavy atom. The predicted molar refractivity (Wildman–Crippen MR) is 96.2 cm³/mol. The van der Waals surface area contributed by atoms with Gasteiger partial charge in [-0.1, -0.05) is 6.07 Å². The van der Waals surface area contributed by atoms with Gasteiger partial charge < -0.3 is 5.32 Å². The van der Waals surface area contributed by atoms with Crippen LogP contribution in [0.2, 0.25) is 0 Å². The highest BCUT2D eigenvalue weighted by Crippen LogP contribution is 2.32. The Kier molecular flexibility index (Phi) is 5.67. The lowest BCUT2D eigenvalue weighted by Crippen LogP contribution is -2.43. The Morgan fingerprint density at radius 2 is 1.81 bits per heavy atom. The first-order valence-corrected chi connectivity index (χ1v) is 9.50. The first kappa shape index (κ1) is 18.9. The van der Waals surface area contributed by atoms with Crippen LogP contribution in [-0.2, 0) is 6.18 Å². The number of alkyl halides is 3. The number of hydrogen-bond acceptors (Lipinski definition) is 3. The van der Waals surface area contributed by atoms with E-state index in [1.165, 1.54) is 17.0 Å². The highest BCUT2D eigenvalue weighted by atomic mass is 32.1. The second kappa shape index (κ2) is 7.80. The summed E-state index contributed by atoms with van der Waals surface area (Å²) in [5.74, 6) is -0.355. The van der Waals surface area contributed by atoms with Crippen molar-refractivity contribution in [2.24, 2.45) is 0 Å². The molecule has 1 amide bonds. The van der Waals surface area contributed by atoms with E-state index in [1.807, 2.05) is 18.4 Å². The topological polar surface area (TPSA) is 32.3 Å². The van der Waals surface area contributed by atoms with E-state index in [4.69, 9.17) is 0 Å². The van der Waals surface area contributed by atoms with Crippen molar-refractivity contribution in [1.82, 2.24) is 10.2 Å². The molecule has 0 aliphatic carbocycles. The van der Waals surface area contributed by atoms with Gasteiger partial charge in [0.2, 0.25) is 0 Å². The molecule has 2 aromatic rings.